The first-order chi connectivity index (χ1) is 15.6. The number of hydrogen-bond donors (Lipinski definition) is 0. The van der Waals surface area contributed by atoms with E-state index in [0.29, 0.717) is 35.5 Å². The molecule has 0 radical (unpaired) electrons. The van der Waals surface area contributed by atoms with Crippen LogP contribution in [0.4, 0.5) is 0 Å². The molecule has 1 aliphatic heterocycles. The van der Waals surface area contributed by atoms with Gasteiger partial charge in [-0.3, -0.25) is 4.79 Å². The Morgan fingerprint density at radius 1 is 1.28 bits per heavy atom. The van der Waals surface area contributed by atoms with Crippen LogP contribution in [0.3, 0.4) is 0 Å². The molecule has 32 heavy (non-hydrogen) atoms. The standard InChI is InChI=1S/C24H22ClN3O3S/c1-30-21-14-16(2-5-20(21)31-13-10-26)3-7-23(29)28-11-8-17(9-12-28)24-27-19-15-18(25)4-6-22(19)32-24/h2-7,14-15,17H,8-9,11-13H2,1H3/b7-3+. The molecule has 0 atom stereocenters. The summed E-state index contributed by atoms with van der Waals surface area (Å²) in [4.78, 5) is 19.3. The minimum absolute atomic E-state index is 0.0108. The van der Waals surface area contributed by atoms with Gasteiger partial charge in [-0.15, -0.1) is 11.3 Å². The predicted octanol–water partition coefficient (Wildman–Crippen LogP) is 5.28. The van der Waals surface area contributed by atoms with E-state index < -0.39 is 0 Å². The second kappa shape index (κ2) is 10.0. The highest BCUT2D eigenvalue weighted by Gasteiger charge is 2.25. The van der Waals surface area contributed by atoms with Gasteiger partial charge in [-0.25, -0.2) is 4.98 Å². The average Bonchev–Trinajstić information content (AvgIpc) is 3.24. The van der Waals surface area contributed by atoms with Gasteiger partial charge in [0, 0.05) is 30.1 Å². The number of halogens is 1. The number of fused-ring (bicyclic) bond motifs is 1. The van der Waals surface area contributed by atoms with Crippen molar-refractivity contribution in [2.45, 2.75) is 18.8 Å². The SMILES string of the molecule is COc1cc(/C=C/C(=O)N2CCC(c3nc4cc(Cl)ccc4s3)CC2)ccc1OCC#N. The lowest BCUT2D eigenvalue weighted by atomic mass is 9.97. The average molecular weight is 468 g/mol. The number of nitriles is 1. The highest BCUT2D eigenvalue weighted by Crippen LogP contribution is 2.35. The van der Waals surface area contributed by atoms with Crippen molar-refractivity contribution in [2.24, 2.45) is 0 Å². The number of likely N-dealkylation sites (tertiary alicyclic amines) is 1. The number of thiazole rings is 1. The molecule has 0 unspecified atom stereocenters. The molecule has 1 amide bonds. The molecule has 0 saturated carbocycles. The lowest BCUT2D eigenvalue weighted by molar-refractivity contribution is -0.126. The Hall–Kier alpha value is -3.08. The summed E-state index contributed by atoms with van der Waals surface area (Å²) >= 11 is 7.79. The molecule has 2 heterocycles. The number of methoxy groups -OCH3 is 1. The molecule has 0 bridgehead atoms. The minimum atomic E-state index is -0.0508. The largest absolute Gasteiger partial charge is 0.493 e. The molecule has 4 rings (SSSR count). The van der Waals surface area contributed by atoms with Crippen molar-refractivity contribution in [3.05, 3.63) is 58.1 Å². The second-order valence-corrected chi connectivity index (χ2v) is 8.95. The van der Waals surface area contributed by atoms with Crippen molar-refractivity contribution < 1.29 is 14.3 Å². The van der Waals surface area contributed by atoms with Crippen molar-refractivity contribution >= 4 is 45.1 Å². The van der Waals surface area contributed by atoms with Gasteiger partial charge >= 0.3 is 0 Å². The van der Waals surface area contributed by atoms with Gasteiger partial charge in [0.2, 0.25) is 5.91 Å². The Labute approximate surface area is 195 Å². The van der Waals surface area contributed by atoms with Crippen molar-refractivity contribution in [2.75, 3.05) is 26.8 Å². The normalized spacial score (nSPS) is 14.6. The van der Waals surface area contributed by atoms with Gasteiger partial charge in [0.25, 0.3) is 0 Å². The zero-order valence-corrected chi connectivity index (χ0v) is 19.2. The van der Waals surface area contributed by atoms with E-state index in [0.717, 1.165) is 33.6 Å². The van der Waals surface area contributed by atoms with E-state index in [1.807, 2.05) is 35.2 Å². The van der Waals surface area contributed by atoms with Crippen LogP contribution in [0.25, 0.3) is 16.3 Å². The molecule has 8 heteroatoms. The maximum absolute atomic E-state index is 12.7. The summed E-state index contributed by atoms with van der Waals surface area (Å²) in [6, 6.07) is 13.1. The number of aromatic nitrogens is 1. The Morgan fingerprint density at radius 3 is 2.84 bits per heavy atom. The fourth-order valence-electron chi connectivity index (χ4n) is 3.73. The van der Waals surface area contributed by atoms with E-state index in [4.69, 9.17) is 31.3 Å². The number of nitrogens with zero attached hydrogens (tertiary/aromatic N) is 3. The first-order valence-corrected chi connectivity index (χ1v) is 11.5. The summed E-state index contributed by atoms with van der Waals surface area (Å²) in [6.07, 6.45) is 5.14. The topological polar surface area (TPSA) is 75.4 Å². The van der Waals surface area contributed by atoms with E-state index >= 15 is 0 Å². The summed E-state index contributed by atoms with van der Waals surface area (Å²) in [6.45, 7) is 1.36. The van der Waals surface area contributed by atoms with Gasteiger partial charge in [-0.1, -0.05) is 17.7 Å². The second-order valence-electron chi connectivity index (χ2n) is 7.45. The molecule has 1 aliphatic rings. The molecule has 0 spiro atoms. The molecular weight excluding hydrogens is 446 g/mol. The fraction of sp³-hybridized carbons (Fsp3) is 0.292. The lowest BCUT2D eigenvalue weighted by Crippen LogP contribution is -2.36. The number of ether oxygens (including phenoxy) is 2. The molecule has 0 aliphatic carbocycles. The molecular formula is C24H22ClN3O3S. The smallest absolute Gasteiger partial charge is 0.246 e. The third-order valence-electron chi connectivity index (χ3n) is 5.42. The maximum Gasteiger partial charge on any atom is 0.246 e. The lowest BCUT2D eigenvalue weighted by Gasteiger charge is -2.30. The Morgan fingerprint density at radius 2 is 2.09 bits per heavy atom. The van der Waals surface area contributed by atoms with E-state index in [-0.39, 0.29) is 12.5 Å². The predicted molar refractivity (Wildman–Crippen MR) is 126 cm³/mol. The van der Waals surface area contributed by atoms with Crippen LogP contribution in [0.1, 0.15) is 29.3 Å². The summed E-state index contributed by atoms with van der Waals surface area (Å²) in [5.41, 5.74) is 1.76. The molecule has 6 nitrogen and oxygen atoms in total. The monoisotopic (exact) mass is 467 g/mol. The number of hydrogen-bond acceptors (Lipinski definition) is 6. The zero-order valence-electron chi connectivity index (χ0n) is 17.6. The molecule has 164 valence electrons. The number of benzene rings is 2. The van der Waals surface area contributed by atoms with Crippen LogP contribution in [-0.2, 0) is 4.79 Å². The van der Waals surface area contributed by atoms with Gasteiger partial charge in [0.05, 0.1) is 22.3 Å². The van der Waals surface area contributed by atoms with Gasteiger partial charge in [-0.05, 0) is 54.8 Å². The molecule has 0 N–H and O–H groups in total. The third kappa shape index (κ3) is 5.04. The molecule has 3 aromatic rings. The zero-order chi connectivity index (χ0) is 22.5. The number of amides is 1. The first-order valence-electron chi connectivity index (χ1n) is 10.3. The highest BCUT2D eigenvalue weighted by atomic mass is 35.5. The van der Waals surface area contributed by atoms with Crippen LogP contribution in [0.5, 0.6) is 11.5 Å². The fourth-order valence-corrected chi connectivity index (χ4v) is 5.01. The number of piperidine rings is 1. The van der Waals surface area contributed by atoms with Crippen LogP contribution < -0.4 is 9.47 Å². The van der Waals surface area contributed by atoms with Gasteiger partial charge in [-0.2, -0.15) is 5.26 Å². The van der Waals surface area contributed by atoms with Crippen LogP contribution in [0, 0.1) is 11.3 Å². The van der Waals surface area contributed by atoms with Crippen LogP contribution >= 0.6 is 22.9 Å². The summed E-state index contributed by atoms with van der Waals surface area (Å²) in [5, 5.41) is 10.5. The molecule has 2 aromatic carbocycles. The first kappa shape index (κ1) is 22.1. The van der Waals surface area contributed by atoms with Crippen molar-refractivity contribution in [1.82, 2.24) is 9.88 Å². The van der Waals surface area contributed by atoms with Crippen LogP contribution in [0.2, 0.25) is 5.02 Å². The highest BCUT2D eigenvalue weighted by molar-refractivity contribution is 7.18. The van der Waals surface area contributed by atoms with E-state index in [2.05, 4.69) is 0 Å². The summed E-state index contributed by atoms with van der Waals surface area (Å²) < 4.78 is 11.8. The van der Waals surface area contributed by atoms with E-state index in [9.17, 15) is 4.79 Å². The van der Waals surface area contributed by atoms with Crippen molar-refractivity contribution in [3.8, 4) is 17.6 Å². The van der Waals surface area contributed by atoms with Crippen LogP contribution in [-0.4, -0.2) is 42.6 Å². The quantitative estimate of drug-likeness (QED) is 0.461. The number of carbonyl (C=O) groups is 1. The van der Waals surface area contributed by atoms with Crippen molar-refractivity contribution in [1.29, 1.82) is 5.26 Å². The molecule has 1 aromatic heterocycles. The van der Waals surface area contributed by atoms with Gasteiger partial charge in [0.1, 0.15) is 6.07 Å². The minimum Gasteiger partial charge on any atom is -0.493 e. The third-order valence-corrected chi connectivity index (χ3v) is 6.85. The van der Waals surface area contributed by atoms with Crippen LogP contribution in [0.15, 0.2) is 42.5 Å². The van der Waals surface area contributed by atoms with E-state index in [1.54, 1.807) is 35.6 Å². The Kier molecular flexibility index (Phi) is 6.93. The van der Waals surface area contributed by atoms with E-state index in [1.165, 1.54) is 7.11 Å². The Bertz CT molecular complexity index is 1190. The van der Waals surface area contributed by atoms with Gasteiger partial charge < -0.3 is 14.4 Å². The summed E-state index contributed by atoms with van der Waals surface area (Å²) in [5.74, 6) is 1.37. The number of carbonyl (C=O) groups excluding carboxylic acids is 1. The molecule has 1 saturated heterocycles. The van der Waals surface area contributed by atoms with Crippen molar-refractivity contribution in [3.63, 3.8) is 0 Å². The Balaban J connectivity index is 1.36. The maximum atomic E-state index is 12.7. The number of rotatable bonds is 6. The summed E-state index contributed by atoms with van der Waals surface area (Å²) in [7, 11) is 1.54. The van der Waals surface area contributed by atoms with Gasteiger partial charge in [0.15, 0.2) is 18.1 Å². The molecule has 1 fully saturated rings.